The SMILES string of the molecule is CN=C(NCC(OC)c1cccc(Cl)c1)NC(C)C. The zero-order valence-corrected chi connectivity index (χ0v) is 12.7. The average molecular weight is 284 g/mol. The van der Waals surface area contributed by atoms with E-state index in [4.69, 9.17) is 16.3 Å². The predicted molar refractivity (Wildman–Crippen MR) is 80.8 cm³/mol. The fourth-order valence-electron chi connectivity index (χ4n) is 1.70. The lowest BCUT2D eigenvalue weighted by atomic mass is 10.1. The molecule has 0 heterocycles. The molecule has 4 nitrogen and oxygen atoms in total. The highest BCUT2D eigenvalue weighted by Crippen LogP contribution is 2.19. The van der Waals surface area contributed by atoms with Crippen LogP contribution in [-0.2, 0) is 4.74 Å². The number of aliphatic imine (C=N–C) groups is 1. The normalized spacial score (nSPS) is 13.5. The van der Waals surface area contributed by atoms with E-state index in [1.54, 1.807) is 14.2 Å². The zero-order chi connectivity index (χ0) is 14.3. The molecule has 0 aliphatic carbocycles. The Morgan fingerprint density at radius 1 is 1.42 bits per heavy atom. The molecular weight excluding hydrogens is 262 g/mol. The molecule has 106 valence electrons. The van der Waals surface area contributed by atoms with Gasteiger partial charge in [0.15, 0.2) is 5.96 Å². The van der Waals surface area contributed by atoms with Gasteiger partial charge in [-0.05, 0) is 31.5 Å². The van der Waals surface area contributed by atoms with Gasteiger partial charge in [-0.15, -0.1) is 0 Å². The van der Waals surface area contributed by atoms with Crippen molar-refractivity contribution in [3.8, 4) is 0 Å². The minimum atomic E-state index is -0.0654. The van der Waals surface area contributed by atoms with E-state index in [1.165, 1.54) is 0 Å². The Morgan fingerprint density at radius 2 is 2.16 bits per heavy atom. The summed E-state index contributed by atoms with van der Waals surface area (Å²) in [4.78, 5) is 4.16. The van der Waals surface area contributed by atoms with Crippen LogP contribution in [0, 0.1) is 0 Å². The predicted octanol–water partition coefficient (Wildman–Crippen LogP) is 2.60. The summed E-state index contributed by atoms with van der Waals surface area (Å²) in [6, 6.07) is 8.02. The number of hydrogen-bond donors (Lipinski definition) is 2. The Labute approximate surface area is 120 Å². The number of guanidine groups is 1. The van der Waals surface area contributed by atoms with Gasteiger partial charge in [-0.1, -0.05) is 23.7 Å². The van der Waals surface area contributed by atoms with E-state index in [9.17, 15) is 0 Å². The van der Waals surface area contributed by atoms with Crippen LogP contribution < -0.4 is 10.6 Å². The molecule has 2 N–H and O–H groups in total. The Balaban J connectivity index is 2.62. The lowest BCUT2D eigenvalue weighted by Gasteiger charge is -2.20. The molecule has 1 unspecified atom stereocenters. The first-order valence-corrected chi connectivity index (χ1v) is 6.70. The molecule has 1 rings (SSSR count). The third kappa shape index (κ3) is 5.49. The van der Waals surface area contributed by atoms with Crippen molar-refractivity contribution in [3.63, 3.8) is 0 Å². The van der Waals surface area contributed by atoms with Gasteiger partial charge in [-0.2, -0.15) is 0 Å². The maximum Gasteiger partial charge on any atom is 0.191 e. The van der Waals surface area contributed by atoms with E-state index >= 15 is 0 Å². The fraction of sp³-hybridized carbons (Fsp3) is 0.500. The van der Waals surface area contributed by atoms with Gasteiger partial charge in [0.25, 0.3) is 0 Å². The molecular formula is C14H22ClN3O. The molecule has 0 aliphatic heterocycles. The fourth-order valence-corrected chi connectivity index (χ4v) is 1.90. The van der Waals surface area contributed by atoms with Crippen LogP contribution in [0.3, 0.4) is 0 Å². The Hall–Kier alpha value is -1.26. The van der Waals surface area contributed by atoms with Crippen LogP contribution in [0.2, 0.25) is 5.02 Å². The summed E-state index contributed by atoms with van der Waals surface area (Å²) in [6.45, 7) is 4.76. The van der Waals surface area contributed by atoms with E-state index in [1.807, 2.05) is 24.3 Å². The summed E-state index contributed by atoms with van der Waals surface area (Å²) in [5.41, 5.74) is 1.04. The highest BCUT2D eigenvalue weighted by molar-refractivity contribution is 6.30. The Bertz CT molecular complexity index is 421. The molecule has 1 aromatic carbocycles. The molecule has 5 heteroatoms. The topological polar surface area (TPSA) is 45.7 Å². The van der Waals surface area contributed by atoms with Crippen molar-refractivity contribution < 1.29 is 4.74 Å². The third-order valence-corrected chi connectivity index (χ3v) is 2.84. The van der Waals surface area contributed by atoms with Crippen molar-refractivity contribution >= 4 is 17.6 Å². The number of benzene rings is 1. The van der Waals surface area contributed by atoms with Crippen LogP contribution in [0.1, 0.15) is 25.5 Å². The second-order valence-corrected chi connectivity index (χ2v) is 4.97. The largest absolute Gasteiger partial charge is 0.375 e. The van der Waals surface area contributed by atoms with Crippen molar-refractivity contribution in [1.82, 2.24) is 10.6 Å². The number of methoxy groups -OCH3 is 1. The number of hydrogen-bond acceptors (Lipinski definition) is 2. The molecule has 0 aliphatic rings. The van der Waals surface area contributed by atoms with Gasteiger partial charge >= 0.3 is 0 Å². The summed E-state index contributed by atoms with van der Waals surface area (Å²) in [7, 11) is 3.44. The van der Waals surface area contributed by atoms with Gasteiger partial charge in [-0.3, -0.25) is 4.99 Å². The van der Waals surface area contributed by atoms with E-state index in [0.29, 0.717) is 17.6 Å². The Morgan fingerprint density at radius 3 is 2.68 bits per heavy atom. The van der Waals surface area contributed by atoms with Crippen LogP contribution in [0.25, 0.3) is 0 Å². The second kappa shape index (κ2) is 8.02. The van der Waals surface area contributed by atoms with E-state index < -0.39 is 0 Å². The molecule has 1 aromatic rings. The summed E-state index contributed by atoms with van der Waals surface area (Å²) in [5.74, 6) is 0.763. The molecule has 0 amide bonds. The van der Waals surface area contributed by atoms with Crippen LogP contribution in [0.15, 0.2) is 29.3 Å². The highest BCUT2D eigenvalue weighted by atomic mass is 35.5. The molecule has 0 spiro atoms. The lowest BCUT2D eigenvalue weighted by Crippen LogP contribution is -2.42. The van der Waals surface area contributed by atoms with Gasteiger partial charge in [0, 0.05) is 31.8 Å². The van der Waals surface area contributed by atoms with Crippen molar-refractivity contribution in [3.05, 3.63) is 34.9 Å². The summed E-state index contributed by atoms with van der Waals surface area (Å²) < 4.78 is 5.49. The maximum atomic E-state index is 5.99. The van der Waals surface area contributed by atoms with Gasteiger partial charge in [-0.25, -0.2) is 0 Å². The number of ether oxygens (including phenoxy) is 1. The highest BCUT2D eigenvalue weighted by Gasteiger charge is 2.11. The monoisotopic (exact) mass is 283 g/mol. The van der Waals surface area contributed by atoms with Crippen LogP contribution in [-0.4, -0.2) is 32.7 Å². The van der Waals surface area contributed by atoms with Gasteiger partial charge in [0.2, 0.25) is 0 Å². The molecule has 19 heavy (non-hydrogen) atoms. The van der Waals surface area contributed by atoms with Gasteiger partial charge in [0.1, 0.15) is 0 Å². The lowest BCUT2D eigenvalue weighted by molar-refractivity contribution is 0.106. The number of rotatable bonds is 5. The summed E-state index contributed by atoms with van der Waals surface area (Å²) in [6.07, 6.45) is -0.0654. The third-order valence-electron chi connectivity index (χ3n) is 2.61. The molecule has 0 saturated carbocycles. The smallest absolute Gasteiger partial charge is 0.191 e. The molecule has 0 aromatic heterocycles. The molecule has 0 bridgehead atoms. The number of halogens is 1. The van der Waals surface area contributed by atoms with Crippen LogP contribution in [0.5, 0.6) is 0 Å². The molecule has 0 fully saturated rings. The molecule has 0 radical (unpaired) electrons. The maximum absolute atomic E-state index is 5.99. The van der Waals surface area contributed by atoms with Crippen molar-refractivity contribution in [2.75, 3.05) is 20.7 Å². The van der Waals surface area contributed by atoms with E-state index in [2.05, 4.69) is 29.5 Å². The second-order valence-electron chi connectivity index (χ2n) is 4.53. The van der Waals surface area contributed by atoms with Crippen LogP contribution >= 0.6 is 11.6 Å². The van der Waals surface area contributed by atoms with Gasteiger partial charge < -0.3 is 15.4 Å². The average Bonchev–Trinajstić information content (AvgIpc) is 2.37. The minimum absolute atomic E-state index is 0.0654. The first-order valence-electron chi connectivity index (χ1n) is 6.32. The molecule has 0 saturated heterocycles. The van der Waals surface area contributed by atoms with Crippen LogP contribution in [0.4, 0.5) is 0 Å². The first-order chi connectivity index (χ1) is 9.06. The number of nitrogens with one attached hydrogen (secondary N) is 2. The summed E-state index contributed by atoms with van der Waals surface area (Å²) >= 11 is 5.99. The van der Waals surface area contributed by atoms with Crippen molar-refractivity contribution in [1.29, 1.82) is 0 Å². The quantitative estimate of drug-likeness (QED) is 0.645. The molecule has 1 atom stereocenters. The summed E-state index contributed by atoms with van der Waals surface area (Å²) in [5, 5.41) is 7.18. The van der Waals surface area contributed by atoms with E-state index in [0.717, 1.165) is 11.5 Å². The first kappa shape index (κ1) is 15.8. The standard InChI is InChI=1S/C14H22ClN3O/c1-10(2)18-14(16-3)17-9-13(19-4)11-6-5-7-12(15)8-11/h5-8,10,13H,9H2,1-4H3,(H2,16,17,18). The van der Waals surface area contributed by atoms with Crippen molar-refractivity contribution in [2.45, 2.75) is 26.0 Å². The van der Waals surface area contributed by atoms with Gasteiger partial charge in [0.05, 0.1) is 6.10 Å². The number of nitrogens with zero attached hydrogens (tertiary/aromatic N) is 1. The van der Waals surface area contributed by atoms with E-state index in [-0.39, 0.29) is 6.10 Å². The van der Waals surface area contributed by atoms with Crippen molar-refractivity contribution in [2.24, 2.45) is 4.99 Å². The Kier molecular flexibility index (Phi) is 6.67. The zero-order valence-electron chi connectivity index (χ0n) is 11.9. The minimum Gasteiger partial charge on any atom is -0.375 e.